The minimum absolute atomic E-state index is 0.155. The van der Waals surface area contributed by atoms with E-state index in [-0.39, 0.29) is 18.3 Å². The highest BCUT2D eigenvalue weighted by molar-refractivity contribution is 7.13. The van der Waals surface area contributed by atoms with E-state index in [1.54, 1.807) is 30.9 Å². The smallest absolute Gasteiger partial charge is 0.311 e. The fraction of sp³-hybridized carbons (Fsp3) is 0.421. The maximum atomic E-state index is 13.0. The third kappa shape index (κ3) is 3.77. The van der Waals surface area contributed by atoms with Gasteiger partial charge < -0.3 is 10.0 Å². The first-order valence-corrected chi connectivity index (χ1v) is 9.33. The van der Waals surface area contributed by atoms with Crippen molar-refractivity contribution in [2.45, 2.75) is 33.1 Å². The van der Waals surface area contributed by atoms with Crippen LogP contribution in [0.2, 0.25) is 0 Å². The Labute approximate surface area is 155 Å². The summed E-state index contributed by atoms with van der Waals surface area (Å²) >= 11 is 1.33. The van der Waals surface area contributed by atoms with Crippen LogP contribution in [0.25, 0.3) is 0 Å². The fourth-order valence-electron chi connectivity index (χ4n) is 3.23. The van der Waals surface area contributed by atoms with E-state index in [2.05, 4.69) is 4.98 Å². The predicted octanol–water partition coefficient (Wildman–Crippen LogP) is 3.51. The number of benzene rings is 1. The average molecular weight is 376 g/mol. The van der Waals surface area contributed by atoms with Gasteiger partial charge in [0.05, 0.1) is 16.1 Å². The van der Waals surface area contributed by atoms with Crippen molar-refractivity contribution in [3.63, 3.8) is 0 Å². The Morgan fingerprint density at radius 2 is 2.04 bits per heavy atom. The van der Waals surface area contributed by atoms with Crippen LogP contribution in [-0.4, -0.2) is 40.0 Å². The molecule has 1 atom stereocenters. The van der Waals surface area contributed by atoms with Gasteiger partial charge in [-0.15, -0.1) is 11.3 Å². The molecule has 2 aromatic rings. The van der Waals surface area contributed by atoms with Crippen molar-refractivity contribution in [3.8, 4) is 0 Å². The number of aliphatic carboxylic acids is 1. The van der Waals surface area contributed by atoms with Crippen LogP contribution >= 0.6 is 11.3 Å². The number of thiazole rings is 1. The van der Waals surface area contributed by atoms with Crippen LogP contribution in [0.4, 0.5) is 4.39 Å². The number of likely N-dealkylation sites (tertiary alicyclic amines) is 1. The number of hydrogen-bond acceptors (Lipinski definition) is 4. The third-order valence-corrected chi connectivity index (χ3v) is 5.95. The van der Waals surface area contributed by atoms with E-state index in [1.807, 2.05) is 0 Å². The summed E-state index contributed by atoms with van der Waals surface area (Å²) in [7, 11) is 0. The minimum Gasteiger partial charge on any atom is -0.481 e. The van der Waals surface area contributed by atoms with Gasteiger partial charge in [0.25, 0.3) is 5.91 Å². The number of nitrogens with zero attached hydrogens (tertiary/aromatic N) is 2. The highest BCUT2D eigenvalue weighted by Crippen LogP contribution is 2.32. The summed E-state index contributed by atoms with van der Waals surface area (Å²) in [6, 6.07) is 6.22. The van der Waals surface area contributed by atoms with E-state index >= 15 is 0 Å². The molecule has 1 aliphatic heterocycles. The summed E-state index contributed by atoms with van der Waals surface area (Å²) in [6.07, 6.45) is 1.78. The van der Waals surface area contributed by atoms with Gasteiger partial charge in [-0.2, -0.15) is 0 Å². The predicted molar refractivity (Wildman–Crippen MR) is 96.9 cm³/mol. The normalized spacial score (nSPS) is 20.2. The van der Waals surface area contributed by atoms with E-state index in [0.29, 0.717) is 36.4 Å². The number of carboxylic acid groups (broad SMARTS) is 1. The Bertz CT molecular complexity index is 834. The highest BCUT2D eigenvalue weighted by atomic mass is 32.1. The number of halogens is 1. The van der Waals surface area contributed by atoms with Crippen molar-refractivity contribution in [1.82, 2.24) is 9.88 Å². The Kier molecular flexibility index (Phi) is 5.09. The third-order valence-electron chi connectivity index (χ3n) is 4.80. The molecule has 1 N–H and O–H groups in total. The van der Waals surface area contributed by atoms with Gasteiger partial charge in [0.1, 0.15) is 10.7 Å². The largest absolute Gasteiger partial charge is 0.481 e. The molecule has 0 bridgehead atoms. The molecule has 1 unspecified atom stereocenters. The number of amides is 1. The van der Waals surface area contributed by atoms with Crippen LogP contribution < -0.4 is 0 Å². The molecule has 138 valence electrons. The lowest BCUT2D eigenvalue weighted by Crippen LogP contribution is -2.48. The van der Waals surface area contributed by atoms with Gasteiger partial charge in [0, 0.05) is 19.5 Å². The van der Waals surface area contributed by atoms with Crippen molar-refractivity contribution >= 4 is 23.2 Å². The molecule has 0 radical (unpaired) electrons. The molecule has 1 fully saturated rings. The van der Waals surface area contributed by atoms with E-state index in [4.69, 9.17) is 0 Å². The second-order valence-corrected chi connectivity index (χ2v) is 8.11. The quantitative estimate of drug-likeness (QED) is 0.886. The van der Waals surface area contributed by atoms with E-state index in [0.717, 1.165) is 10.6 Å². The van der Waals surface area contributed by atoms with Crippen molar-refractivity contribution < 1.29 is 19.1 Å². The zero-order chi connectivity index (χ0) is 18.9. The lowest BCUT2D eigenvalue weighted by molar-refractivity contribution is -0.150. The second-order valence-electron chi connectivity index (χ2n) is 7.02. The molecule has 7 heteroatoms. The molecule has 2 heterocycles. The van der Waals surface area contributed by atoms with Crippen LogP contribution in [0.15, 0.2) is 24.3 Å². The van der Waals surface area contributed by atoms with Gasteiger partial charge in [0.15, 0.2) is 0 Å². The summed E-state index contributed by atoms with van der Waals surface area (Å²) in [4.78, 5) is 31.1. The van der Waals surface area contributed by atoms with Gasteiger partial charge in [-0.25, -0.2) is 9.37 Å². The standard InChI is InChI=1S/C19H21FN2O3S/c1-12-16(17(23)22-9-3-8-19(2,11-22)18(24)25)26-15(21-12)10-13-4-6-14(20)7-5-13/h4-7H,3,8-11H2,1-2H3,(H,24,25). The molecule has 0 aliphatic carbocycles. The lowest BCUT2D eigenvalue weighted by atomic mass is 9.82. The van der Waals surface area contributed by atoms with E-state index in [1.165, 1.54) is 23.5 Å². The van der Waals surface area contributed by atoms with Gasteiger partial charge in [-0.3, -0.25) is 9.59 Å². The Morgan fingerprint density at radius 3 is 2.69 bits per heavy atom. The van der Waals surface area contributed by atoms with Crippen molar-refractivity contribution in [3.05, 3.63) is 51.2 Å². The molecular formula is C19H21FN2O3S. The Hall–Kier alpha value is -2.28. The maximum absolute atomic E-state index is 13.0. The number of carboxylic acids is 1. The van der Waals surface area contributed by atoms with Crippen LogP contribution in [0.5, 0.6) is 0 Å². The molecule has 1 saturated heterocycles. The van der Waals surface area contributed by atoms with Crippen molar-refractivity contribution in [2.24, 2.45) is 5.41 Å². The first-order valence-electron chi connectivity index (χ1n) is 8.52. The molecule has 26 heavy (non-hydrogen) atoms. The van der Waals surface area contributed by atoms with Crippen LogP contribution in [0, 0.1) is 18.2 Å². The average Bonchev–Trinajstić information content (AvgIpc) is 2.96. The summed E-state index contributed by atoms with van der Waals surface area (Å²) in [6.45, 7) is 4.25. The van der Waals surface area contributed by atoms with Gasteiger partial charge in [-0.1, -0.05) is 12.1 Å². The first-order chi connectivity index (χ1) is 12.3. The minimum atomic E-state index is -0.899. The summed E-state index contributed by atoms with van der Waals surface area (Å²) < 4.78 is 13.0. The summed E-state index contributed by atoms with van der Waals surface area (Å²) in [5.74, 6) is -1.31. The molecule has 0 spiro atoms. The number of rotatable bonds is 4. The number of piperidine rings is 1. The Morgan fingerprint density at radius 1 is 1.35 bits per heavy atom. The van der Waals surface area contributed by atoms with Gasteiger partial charge in [0.2, 0.25) is 0 Å². The fourth-order valence-corrected chi connectivity index (χ4v) is 4.30. The molecule has 5 nitrogen and oxygen atoms in total. The number of hydrogen-bond donors (Lipinski definition) is 1. The van der Waals surface area contributed by atoms with Crippen LogP contribution in [0.1, 0.15) is 45.7 Å². The number of aromatic nitrogens is 1. The molecular weight excluding hydrogens is 355 g/mol. The monoisotopic (exact) mass is 376 g/mol. The second kappa shape index (κ2) is 7.15. The zero-order valence-corrected chi connectivity index (χ0v) is 15.6. The Balaban J connectivity index is 1.76. The van der Waals surface area contributed by atoms with Gasteiger partial charge in [-0.05, 0) is 44.4 Å². The number of carbonyl (C=O) groups is 2. The van der Waals surface area contributed by atoms with E-state index in [9.17, 15) is 19.1 Å². The van der Waals surface area contributed by atoms with Crippen molar-refractivity contribution in [1.29, 1.82) is 0 Å². The SMILES string of the molecule is Cc1nc(Cc2ccc(F)cc2)sc1C(=O)N1CCCC(C)(C(=O)O)C1. The van der Waals surface area contributed by atoms with Crippen LogP contribution in [0.3, 0.4) is 0 Å². The van der Waals surface area contributed by atoms with E-state index < -0.39 is 11.4 Å². The number of aryl methyl sites for hydroxylation is 1. The van der Waals surface area contributed by atoms with Crippen LogP contribution in [-0.2, 0) is 11.2 Å². The summed E-state index contributed by atoms with van der Waals surface area (Å²) in [5, 5.41) is 10.2. The zero-order valence-electron chi connectivity index (χ0n) is 14.8. The molecule has 1 aliphatic rings. The molecule has 1 aromatic heterocycles. The molecule has 0 saturated carbocycles. The summed E-state index contributed by atoms with van der Waals surface area (Å²) in [5.41, 5.74) is 0.680. The van der Waals surface area contributed by atoms with Crippen molar-refractivity contribution in [2.75, 3.05) is 13.1 Å². The van der Waals surface area contributed by atoms with Gasteiger partial charge >= 0.3 is 5.97 Å². The highest BCUT2D eigenvalue weighted by Gasteiger charge is 2.40. The maximum Gasteiger partial charge on any atom is 0.311 e. The number of carbonyl (C=O) groups excluding carboxylic acids is 1. The molecule has 3 rings (SSSR count). The topological polar surface area (TPSA) is 70.5 Å². The lowest BCUT2D eigenvalue weighted by Gasteiger charge is -2.37. The molecule has 1 amide bonds. The molecule has 1 aromatic carbocycles. The first kappa shape index (κ1) is 18.5.